The summed E-state index contributed by atoms with van der Waals surface area (Å²) in [5, 5.41) is 7.46. The van der Waals surface area contributed by atoms with E-state index in [1.165, 1.54) is 0 Å². The maximum absolute atomic E-state index is 13.1. The number of hydrogen-bond donors (Lipinski definition) is 1. The lowest BCUT2D eigenvalue weighted by molar-refractivity contribution is 0.0707. The van der Waals surface area contributed by atoms with Crippen LogP contribution in [0.25, 0.3) is 0 Å². The number of pyridine rings is 1. The topological polar surface area (TPSA) is 93.3 Å². The van der Waals surface area contributed by atoms with Crippen LogP contribution in [-0.4, -0.2) is 51.7 Å². The molecule has 0 aromatic carbocycles. The zero-order valence-corrected chi connectivity index (χ0v) is 16.1. The third-order valence-electron chi connectivity index (χ3n) is 6.43. The van der Waals surface area contributed by atoms with Crippen molar-refractivity contribution in [2.75, 3.05) is 26.2 Å². The fourth-order valence-corrected chi connectivity index (χ4v) is 4.95. The molecule has 8 nitrogen and oxygen atoms in total. The van der Waals surface area contributed by atoms with Gasteiger partial charge in [0.1, 0.15) is 5.56 Å². The Kier molecular flexibility index (Phi) is 4.30. The van der Waals surface area contributed by atoms with E-state index >= 15 is 0 Å². The summed E-state index contributed by atoms with van der Waals surface area (Å²) in [6.07, 6.45) is 2.70. The average Bonchev–Trinajstić information content (AvgIpc) is 3.15. The number of likely N-dealkylation sites (tertiary alicyclic amines) is 1. The normalized spacial score (nSPS) is 24.8. The molecule has 1 N–H and O–H groups in total. The molecule has 3 aliphatic rings. The van der Waals surface area contributed by atoms with Gasteiger partial charge in [0.2, 0.25) is 5.89 Å². The maximum atomic E-state index is 13.1. The summed E-state index contributed by atoms with van der Waals surface area (Å²) in [6.45, 7) is 5.55. The Morgan fingerprint density at radius 3 is 2.79 bits per heavy atom. The number of carbonyl (C=O) groups is 1. The Morgan fingerprint density at radius 1 is 1.21 bits per heavy atom. The van der Waals surface area contributed by atoms with Crippen molar-refractivity contribution in [1.82, 2.24) is 24.9 Å². The average molecular weight is 383 g/mol. The molecular weight excluding hydrogens is 358 g/mol. The second kappa shape index (κ2) is 6.84. The molecule has 0 unspecified atom stereocenters. The van der Waals surface area contributed by atoms with E-state index < -0.39 is 0 Å². The van der Waals surface area contributed by atoms with Crippen LogP contribution in [0.1, 0.15) is 58.9 Å². The standard InChI is InChI=1S/C20H25N5O3/c1-12-22-18(23-28-12)14-4-6-24(7-5-14)19(26)16-2-3-17-15-8-13(9-21-10-15)11-25(17)20(16)27/h2-3,13-15,21H,4-11H2,1H3/t13-,15+/m0/s1. The number of aryl methyl sites for hydroxylation is 1. The van der Waals surface area contributed by atoms with Crippen molar-refractivity contribution in [2.24, 2.45) is 5.92 Å². The molecule has 2 atom stereocenters. The number of fused-ring (bicyclic) bond motifs is 4. The van der Waals surface area contributed by atoms with Gasteiger partial charge in [-0.25, -0.2) is 0 Å². The first-order valence-corrected chi connectivity index (χ1v) is 10.1. The van der Waals surface area contributed by atoms with Crippen LogP contribution in [0.4, 0.5) is 0 Å². The number of aromatic nitrogens is 3. The van der Waals surface area contributed by atoms with E-state index in [2.05, 4.69) is 15.5 Å². The number of hydrogen-bond acceptors (Lipinski definition) is 6. The van der Waals surface area contributed by atoms with Crippen molar-refractivity contribution in [3.05, 3.63) is 45.5 Å². The van der Waals surface area contributed by atoms with Crippen LogP contribution in [0.3, 0.4) is 0 Å². The van der Waals surface area contributed by atoms with Gasteiger partial charge in [-0.3, -0.25) is 9.59 Å². The number of piperidine rings is 2. The molecule has 2 fully saturated rings. The number of nitrogens with one attached hydrogen (secondary N) is 1. The molecule has 28 heavy (non-hydrogen) atoms. The van der Waals surface area contributed by atoms with Crippen LogP contribution in [-0.2, 0) is 6.54 Å². The highest BCUT2D eigenvalue weighted by atomic mass is 16.5. The van der Waals surface area contributed by atoms with Crippen LogP contribution in [0.15, 0.2) is 21.5 Å². The van der Waals surface area contributed by atoms with Crippen molar-refractivity contribution >= 4 is 5.91 Å². The quantitative estimate of drug-likeness (QED) is 0.839. The Balaban J connectivity index is 1.34. The zero-order valence-electron chi connectivity index (χ0n) is 16.1. The molecule has 0 radical (unpaired) electrons. The fourth-order valence-electron chi connectivity index (χ4n) is 4.95. The lowest BCUT2D eigenvalue weighted by atomic mass is 9.84. The Morgan fingerprint density at radius 2 is 2.04 bits per heavy atom. The summed E-state index contributed by atoms with van der Waals surface area (Å²) in [5.41, 5.74) is 1.23. The van der Waals surface area contributed by atoms with Gasteiger partial charge in [-0.05, 0) is 43.9 Å². The van der Waals surface area contributed by atoms with E-state index in [-0.39, 0.29) is 17.4 Å². The number of rotatable bonds is 2. The summed E-state index contributed by atoms with van der Waals surface area (Å²) >= 11 is 0. The molecular formula is C20H25N5O3. The first kappa shape index (κ1) is 17.6. The first-order chi connectivity index (χ1) is 13.6. The van der Waals surface area contributed by atoms with E-state index in [0.717, 1.165) is 43.9 Å². The molecule has 0 spiro atoms. The minimum Gasteiger partial charge on any atom is -0.340 e. The first-order valence-electron chi connectivity index (χ1n) is 10.1. The largest absolute Gasteiger partial charge is 0.340 e. The zero-order chi connectivity index (χ0) is 19.3. The minimum atomic E-state index is -0.156. The predicted molar refractivity (Wildman–Crippen MR) is 101 cm³/mol. The second-order valence-corrected chi connectivity index (χ2v) is 8.28. The molecule has 5 rings (SSSR count). The van der Waals surface area contributed by atoms with E-state index in [9.17, 15) is 9.59 Å². The molecule has 148 valence electrons. The number of nitrogens with zero attached hydrogens (tertiary/aromatic N) is 4. The smallest absolute Gasteiger partial charge is 0.263 e. The van der Waals surface area contributed by atoms with Crippen molar-refractivity contribution in [3.8, 4) is 0 Å². The van der Waals surface area contributed by atoms with Crippen molar-refractivity contribution in [2.45, 2.75) is 44.6 Å². The van der Waals surface area contributed by atoms with Crippen LogP contribution in [0.5, 0.6) is 0 Å². The van der Waals surface area contributed by atoms with Gasteiger partial charge in [-0.1, -0.05) is 5.16 Å². The SMILES string of the molecule is Cc1nc(C2CCN(C(=O)c3ccc4n(c3=O)C[C@@H]3CNC[C@H]4C3)CC2)no1. The third kappa shape index (κ3) is 2.96. The van der Waals surface area contributed by atoms with Crippen molar-refractivity contribution in [3.63, 3.8) is 0 Å². The van der Waals surface area contributed by atoms with Gasteiger partial charge < -0.3 is 19.3 Å². The maximum Gasteiger partial charge on any atom is 0.263 e. The molecule has 1 amide bonds. The van der Waals surface area contributed by atoms with Gasteiger partial charge in [-0.15, -0.1) is 0 Å². The monoisotopic (exact) mass is 383 g/mol. The summed E-state index contributed by atoms with van der Waals surface area (Å²) in [6, 6.07) is 3.72. The summed E-state index contributed by atoms with van der Waals surface area (Å²) in [5.74, 6) is 2.19. The molecule has 2 bridgehead atoms. The summed E-state index contributed by atoms with van der Waals surface area (Å²) in [7, 11) is 0. The number of carbonyl (C=O) groups excluding carboxylic acids is 1. The second-order valence-electron chi connectivity index (χ2n) is 8.28. The highest BCUT2D eigenvalue weighted by Gasteiger charge is 2.33. The minimum absolute atomic E-state index is 0.130. The molecule has 0 saturated carbocycles. The fraction of sp³-hybridized carbons (Fsp3) is 0.600. The highest BCUT2D eigenvalue weighted by molar-refractivity contribution is 5.94. The Labute approximate surface area is 162 Å². The van der Waals surface area contributed by atoms with Crippen LogP contribution in [0.2, 0.25) is 0 Å². The third-order valence-corrected chi connectivity index (χ3v) is 6.43. The Hall–Kier alpha value is -2.48. The van der Waals surface area contributed by atoms with Gasteiger partial charge in [-0.2, -0.15) is 4.98 Å². The summed E-state index contributed by atoms with van der Waals surface area (Å²) < 4.78 is 6.92. The number of amides is 1. The van der Waals surface area contributed by atoms with Crippen LogP contribution >= 0.6 is 0 Å². The predicted octanol–water partition coefficient (Wildman–Crippen LogP) is 1.27. The van der Waals surface area contributed by atoms with Gasteiger partial charge in [0.15, 0.2) is 5.82 Å². The highest BCUT2D eigenvalue weighted by Crippen LogP contribution is 2.32. The Bertz CT molecular complexity index is 957. The van der Waals surface area contributed by atoms with Gasteiger partial charge in [0.05, 0.1) is 0 Å². The van der Waals surface area contributed by atoms with Gasteiger partial charge >= 0.3 is 0 Å². The lowest BCUT2D eigenvalue weighted by Gasteiger charge is -2.37. The van der Waals surface area contributed by atoms with E-state index in [0.29, 0.717) is 42.9 Å². The molecule has 8 heteroatoms. The molecule has 5 heterocycles. The van der Waals surface area contributed by atoms with E-state index in [4.69, 9.17) is 4.52 Å². The molecule has 2 aromatic rings. The van der Waals surface area contributed by atoms with E-state index in [1.807, 2.05) is 10.6 Å². The van der Waals surface area contributed by atoms with Crippen LogP contribution in [0, 0.1) is 12.8 Å². The van der Waals surface area contributed by atoms with Crippen molar-refractivity contribution < 1.29 is 9.32 Å². The molecule has 3 aliphatic heterocycles. The summed E-state index contributed by atoms with van der Waals surface area (Å²) in [4.78, 5) is 32.2. The van der Waals surface area contributed by atoms with Gasteiger partial charge in [0, 0.05) is 50.6 Å². The molecule has 0 aliphatic carbocycles. The molecule has 2 saturated heterocycles. The lowest BCUT2D eigenvalue weighted by Crippen LogP contribution is -2.47. The van der Waals surface area contributed by atoms with Crippen LogP contribution < -0.4 is 10.9 Å². The van der Waals surface area contributed by atoms with E-state index in [1.54, 1.807) is 17.9 Å². The van der Waals surface area contributed by atoms with Crippen molar-refractivity contribution in [1.29, 1.82) is 0 Å². The van der Waals surface area contributed by atoms with Gasteiger partial charge in [0.25, 0.3) is 11.5 Å². The molecule has 2 aromatic heterocycles.